The quantitative estimate of drug-likeness (QED) is 0.113. The van der Waals surface area contributed by atoms with Crippen LogP contribution in [0.5, 0.6) is 0 Å². The summed E-state index contributed by atoms with van der Waals surface area (Å²) in [7, 11) is 0. The summed E-state index contributed by atoms with van der Waals surface area (Å²) in [4.78, 5) is 5.46. The maximum absolute atomic E-state index is 2.73. The zero-order valence-electron chi connectivity index (χ0n) is 55.0. The fourth-order valence-electron chi connectivity index (χ4n) is 16.9. The summed E-state index contributed by atoms with van der Waals surface area (Å²) in [5, 5.41) is 0. The van der Waals surface area contributed by atoms with Gasteiger partial charge >= 0.3 is 0 Å². The van der Waals surface area contributed by atoms with Crippen LogP contribution in [-0.4, -0.2) is 6.71 Å². The van der Waals surface area contributed by atoms with E-state index < -0.39 is 5.41 Å². The van der Waals surface area contributed by atoms with Gasteiger partial charge in [-0.3, -0.25) is 0 Å². The molecule has 0 saturated heterocycles. The summed E-state index contributed by atoms with van der Waals surface area (Å²) in [6.45, 7) is -0.333. The second kappa shape index (κ2) is 24.4. The van der Waals surface area contributed by atoms with E-state index >= 15 is 0 Å². The SMILES string of the molecule is c1ccc(-c2cc3c(cc2-c2ccccc2)N(c2c(-c4ccccc4)cccc2-c2ccccc2)c2cc(C4(c5ccccc5)c5ccccc5-c5ccccc54)cc4c2B3c2cc(-c3ccccc3)c(-c3ccccc3)cc2N4c2c(-c3ccccc3)cccc2-c2ccccc2)cc1. The van der Waals surface area contributed by atoms with E-state index in [9.17, 15) is 0 Å². The molecule has 0 radical (unpaired) electrons. The molecule has 0 spiro atoms. The molecule has 466 valence electrons. The Kier molecular flexibility index (Phi) is 14.3. The molecule has 0 amide bonds. The van der Waals surface area contributed by atoms with Crippen molar-refractivity contribution in [2.45, 2.75) is 5.41 Å². The van der Waals surface area contributed by atoms with Crippen LogP contribution in [0.4, 0.5) is 34.1 Å². The topological polar surface area (TPSA) is 6.48 Å². The van der Waals surface area contributed by atoms with Crippen LogP contribution in [0.2, 0.25) is 0 Å². The molecule has 19 rings (SSSR count). The van der Waals surface area contributed by atoms with Crippen LogP contribution >= 0.6 is 0 Å². The average molecular weight is 1270 g/mol. The van der Waals surface area contributed by atoms with Gasteiger partial charge < -0.3 is 9.80 Å². The minimum absolute atomic E-state index is 0.333. The summed E-state index contributed by atoms with van der Waals surface area (Å²) < 4.78 is 0. The zero-order chi connectivity index (χ0) is 66.1. The molecular formula is C97H65BN2. The minimum Gasteiger partial charge on any atom is -0.310 e. The first-order valence-electron chi connectivity index (χ1n) is 34.8. The first kappa shape index (κ1) is 58.5. The van der Waals surface area contributed by atoms with Crippen LogP contribution in [0.3, 0.4) is 0 Å². The van der Waals surface area contributed by atoms with Gasteiger partial charge in [0.15, 0.2) is 0 Å². The van der Waals surface area contributed by atoms with Gasteiger partial charge in [-0.1, -0.05) is 370 Å². The standard InChI is InChI=1S/C97H65BN2/c1-10-34-66(35-11-1)76-54-32-55-77(67-36-12-2-13-37-67)95(76)99-90-64-84(72-46-22-7-23-47-72)82(70-42-18-5-19-43-70)62-88(90)98-89-63-83(71-44-20-6-21-45-71)85(73-48-24-8-25-49-73)65-91(89)100(96-78(68-38-14-3-15-39-68)56-33-57-79(96)69-40-16-4-17-41-69)93-61-75(60-92(99)94(93)98)97(74-50-26-9-27-51-74)86-58-30-28-52-80(86)81-53-29-31-59-87(81)97/h1-65H. The molecule has 100 heavy (non-hydrogen) atoms. The van der Waals surface area contributed by atoms with Gasteiger partial charge in [-0.15, -0.1) is 0 Å². The summed E-state index contributed by atoms with van der Waals surface area (Å²) in [6, 6.07) is 148. The number of benzene rings is 16. The molecule has 0 fully saturated rings. The van der Waals surface area contributed by atoms with E-state index in [2.05, 4.69) is 404 Å². The highest BCUT2D eigenvalue weighted by molar-refractivity contribution is 7.00. The molecule has 3 heteroatoms. The molecule has 2 nitrogen and oxygen atoms in total. The second-order valence-electron chi connectivity index (χ2n) is 26.5. The fourth-order valence-corrected chi connectivity index (χ4v) is 16.9. The van der Waals surface area contributed by atoms with Gasteiger partial charge in [0.1, 0.15) is 0 Å². The molecule has 2 heterocycles. The van der Waals surface area contributed by atoms with Crippen LogP contribution in [0.1, 0.15) is 22.3 Å². The van der Waals surface area contributed by atoms with Crippen molar-refractivity contribution in [3.8, 4) is 100 Å². The third kappa shape index (κ3) is 9.42. The molecule has 1 aliphatic carbocycles. The van der Waals surface area contributed by atoms with E-state index in [1.807, 2.05) is 0 Å². The Labute approximate surface area is 585 Å². The van der Waals surface area contributed by atoms with Gasteiger partial charge in [-0.05, 0) is 141 Å². The summed E-state index contributed by atoms with van der Waals surface area (Å²) in [6.07, 6.45) is 0. The average Bonchev–Trinajstić information content (AvgIpc) is 0.823. The largest absolute Gasteiger partial charge is 0.310 e. The molecule has 0 saturated carbocycles. The van der Waals surface area contributed by atoms with Crippen molar-refractivity contribution in [3.63, 3.8) is 0 Å². The van der Waals surface area contributed by atoms with E-state index in [0.717, 1.165) is 118 Å². The van der Waals surface area contributed by atoms with Crippen molar-refractivity contribution < 1.29 is 0 Å². The molecule has 0 N–H and O–H groups in total. The lowest BCUT2D eigenvalue weighted by Gasteiger charge is -2.47. The molecule has 16 aromatic carbocycles. The molecule has 0 unspecified atom stereocenters. The number of para-hydroxylation sites is 2. The van der Waals surface area contributed by atoms with Gasteiger partial charge in [0.05, 0.1) is 16.8 Å². The van der Waals surface area contributed by atoms with E-state index in [0.29, 0.717) is 0 Å². The number of nitrogens with zero attached hydrogens (tertiary/aromatic N) is 2. The lowest BCUT2D eigenvalue weighted by Crippen LogP contribution is -2.61. The fraction of sp³-hybridized carbons (Fsp3) is 0.0103. The first-order chi connectivity index (χ1) is 49.7. The Hall–Kier alpha value is -12.8. The van der Waals surface area contributed by atoms with Crippen molar-refractivity contribution in [2.75, 3.05) is 9.80 Å². The Balaban J connectivity index is 1.07. The van der Waals surface area contributed by atoms with E-state index in [1.54, 1.807) is 0 Å². The lowest BCUT2D eigenvalue weighted by molar-refractivity contribution is 0.768. The summed E-state index contributed by atoms with van der Waals surface area (Å²) >= 11 is 0. The second-order valence-corrected chi connectivity index (χ2v) is 26.5. The minimum atomic E-state index is -0.825. The smallest absolute Gasteiger partial charge is 0.252 e. The van der Waals surface area contributed by atoms with Crippen LogP contribution < -0.4 is 26.2 Å². The van der Waals surface area contributed by atoms with Gasteiger partial charge in [-0.2, -0.15) is 0 Å². The number of hydrogen-bond donors (Lipinski definition) is 0. The Bertz CT molecular complexity index is 5300. The van der Waals surface area contributed by atoms with E-state index in [1.165, 1.54) is 55.3 Å². The predicted octanol–water partition coefficient (Wildman–Crippen LogP) is 23.5. The highest BCUT2D eigenvalue weighted by atomic mass is 15.2. The maximum atomic E-state index is 2.73. The highest BCUT2D eigenvalue weighted by Gasteiger charge is 2.51. The van der Waals surface area contributed by atoms with Gasteiger partial charge in [0.25, 0.3) is 6.71 Å². The van der Waals surface area contributed by atoms with Crippen molar-refractivity contribution in [1.29, 1.82) is 0 Å². The molecule has 0 atom stereocenters. The highest BCUT2D eigenvalue weighted by Crippen LogP contribution is 2.60. The molecule has 2 aliphatic heterocycles. The van der Waals surface area contributed by atoms with Crippen LogP contribution in [0.25, 0.3) is 100 Å². The predicted molar refractivity (Wildman–Crippen MR) is 421 cm³/mol. The molecule has 3 aliphatic rings. The molecule has 0 bridgehead atoms. The number of anilines is 6. The van der Waals surface area contributed by atoms with Crippen molar-refractivity contribution in [2.24, 2.45) is 0 Å². The van der Waals surface area contributed by atoms with E-state index in [-0.39, 0.29) is 6.71 Å². The monoisotopic (exact) mass is 1270 g/mol. The Morgan fingerprint density at radius 3 is 0.750 bits per heavy atom. The van der Waals surface area contributed by atoms with Gasteiger partial charge in [-0.25, -0.2) is 0 Å². The summed E-state index contributed by atoms with van der Waals surface area (Å²) in [5.74, 6) is 0. The molecule has 16 aromatic rings. The first-order valence-corrected chi connectivity index (χ1v) is 34.8. The van der Waals surface area contributed by atoms with Crippen LogP contribution in [0.15, 0.2) is 394 Å². The van der Waals surface area contributed by atoms with Gasteiger partial charge in [0, 0.05) is 45.0 Å². The Morgan fingerprint density at radius 2 is 0.440 bits per heavy atom. The van der Waals surface area contributed by atoms with Crippen molar-refractivity contribution >= 4 is 57.2 Å². The van der Waals surface area contributed by atoms with Crippen molar-refractivity contribution in [1.82, 2.24) is 0 Å². The van der Waals surface area contributed by atoms with Crippen LogP contribution in [-0.2, 0) is 5.41 Å². The number of rotatable bonds is 12. The number of hydrogen-bond acceptors (Lipinski definition) is 2. The van der Waals surface area contributed by atoms with Crippen LogP contribution in [0, 0.1) is 0 Å². The normalized spacial score (nSPS) is 12.8. The van der Waals surface area contributed by atoms with Gasteiger partial charge in [0.2, 0.25) is 0 Å². The summed E-state index contributed by atoms with van der Waals surface area (Å²) in [5.41, 5.74) is 35.0. The lowest BCUT2D eigenvalue weighted by atomic mass is 9.33. The number of fused-ring (bicyclic) bond motifs is 7. The third-order valence-electron chi connectivity index (χ3n) is 21.1. The Morgan fingerprint density at radius 1 is 0.190 bits per heavy atom. The van der Waals surface area contributed by atoms with Crippen molar-refractivity contribution in [3.05, 3.63) is 417 Å². The van der Waals surface area contributed by atoms with E-state index in [4.69, 9.17) is 0 Å². The molecular weight excluding hydrogens is 1200 g/mol. The molecule has 0 aromatic heterocycles. The zero-order valence-corrected chi connectivity index (χ0v) is 55.0. The maximum Gasteiger partial charge on any atom is 0.252 e. The third-order valence-corrected chi connectivity index (χ3v) is 21.1.